The Kier molecular flexibility index (Phi) is 3.08. The maximum absolute atomic E-state index is 6.09. The Balaban J connectivity index is 2.01. The van der Waals surface area contributed by atoms with E-state index in [1.165, 1.54) is 0 Å². The van der Waals surface area contributed by atoms with Gasteiger partial charge in [-0.15, -0.1) is 0 Å². The number of ether oxygens (including phenoxy) is 1. The number of hydrogen-bond acceptors (Lipinski definition) is 4. The molecule has 1 fully saturated rings. The molecule has 2 heterocycles. The molecular formula is C15H21BN2O3. The van der Waals surface area contributed by atoms with E-state index in [0.29, 0.717) is 6.01 Å². The molecule has 2 aromatic rings. The van der Waals surface area contributed by atoms with Crippen molar-refractivity contribution in [3.8, 4) is 6.01 Å². The van der Waals surface area contributed by atoms with Gasteiger partial charge < -0.3 is 14.0 Å². The van der Waals surface area contributed by atoms with Crippen molar-refractivity contribution < 1.29 is 14.0 Å². The Morgan fingerprint density at radius 2 is 1.76 bits per heavy atom. The Bertz CT molecular complexity index is 678. The van der Waals surface area contributed by atoms with Gasteiger partial charge in [0.2, 0.25) is 0 Å². The van der Waals surface area contributed by atoms with Crippen LogP contribution in [-0.4, -0.2) is 35.0 Å². The van der Waals surface area contributed by atoms with Crippen LogP contribution < -0.4 is 10.2 Å². The largest absolute Gasteiger partial charge is 0.494 e. The molecule has 1 saturated heterocycles. The molecule has 21 heavy (non-hydrogen) atoms. The van der Waals surface area contributed by atoms with Crippen LogP contribution in [0.2, 0.25) is 0 Å². The van der Waals surface area contributed by atoms with Gasteiger partial charge in [-0.05, 0) is 45.3 Å². The Morgan fingerprint density at radius 1 is 1.14 bits per heavy atom. The molecule has 0 aliphatic carbocycles. The van der Waals surface area contributed by atoms with Crippen LogP contribution in [0.15, 0.2) is 18.2 Å². The predicted molar refractivity (Wildman–Crippen MR) is 83.0 cm³/mol. The fraction of sp³-hybridized carbons (Fsp3) is 0.533. The number of nitrogens with zero attached hydrogens (tertiary/aromatic N) is 2. The van der Waals surface area contributed by atoms with Crippen molar-refractivity contribution in [2.45, 2.75) is 38.9 Å². The first-order valence-corrected chi connectivity index (χ1v) is 7.11. The van der Waals surface area contributed by atoms with Gasteiger partial charge in [0.15, 0.2) is 0 Å². The second kappa shape index (κ2) is 4.48. The molecule has 3 rings (SSSR count). The fourth-order valence-corrected chi connectivity index (χ4v) is 2.49. The summed E-state index contributed by atoms with van der Waals surface area (Å²) >= 11 is 0. The molecule has 0 bridgehead atoms. The Labute approximate surface area is 125 Å². The molecule has 1 aliphatic rings. The summed E-state index contributed by atoms with van der Waals surface area (Å²) in [5, 5.41) is 0. The molecule has 0 radical (unpaired) electrons. The molecular weight excluding hydrogens is 267 g/mol. The molecule has 0 spiro atoms. The van der Waals surface area contributed by atoms with Crippen LogP contribution in [0.5, 0.6) is 6.01 Å². The quantitative estimate of drug-likeness (QED) is 0.792. The van der Waals surface area contributed by atoms with Crippen LogP contribution in [0, 0.1) is 0 Å². The maximum Gasteiger partial charge on any atom is 0.494 e. The van der Waals surface area contributed by atoms with Gasteiger partial charge in [-0.1, -0.05) is 6.07 Å². The summed E-state index contributed by atoms with van der Waals surface area (Å²) in [6.45, 7) is 8.22. The minimum absolute atomic E-state index is 0.337. The van der Waals surface area contributed by atoms with Gasteiger partial charge in [-0.25, -0.2) is 0 Å². The van der Waals surface area contributed by atoms with Crippen molar-refractivity contribution in [2.75, 3.05) is 7.11 Å². The third-order valence-electron chi connectivity index (χ3n) is 4.57. The number of methoxy groups -OCH3 is 1. The van der Waals surface area contributed by atoms with Crippen LogP contribution in [0.3, 0.4) is 0 Å². The number of rotatable bonds is 2. The van der Waals surface area contributed by atoms with Gasteiger partial charge in [0.05, 0.1) is 29.3 Å². The summed E-state index contributed by atoms with van der Waals surface area (Å²) in [4.78, 5) is 4.41. The smallest absolute Gasteiger partial charge is 0.468 e. The Morgan fingerprint density at radius 3 is 2.33 bits per heavy atom. The highest BCUT2D eigenvalue weighted by Gasteiger charge is 2.51. The average molecular weight is 288 g/mol. The van der Waals surface area contributed by atoms with E-state index in [-0.39, 0.29) is 18.3 Å². The van der Waals surface area contributed by atoms with Gasteiger partial charge in [-0.2, -0.15) is 4.98 Å². The van der Waals surface area contributed by atoms with Gasteiger partial charge >= 0.3 is 7.12 Å². The second-order valence-electron chi connectivity index (χ2n) is 6.49. The zero-order chi connectivity index (χ0) is 15.4. The molecule has 5 nitrogen and oxygen atoms in total. The highest BCUT2D eigenvalue weighted by atomic mass is 16.7. The summed E-state index contributed by atoms with van der Waals surface area (Å²) in [6.07, 6.45) is 0. The first-order chi connectivity index (χ1) is 9.75. The van der Waals surface area contributed by atoms with Crippen molar-refractivity contribution in [1.82, 2.24) is 9.55 Å². The van der Waals surface area contributed by atoms with Crippen LogP contribution >= 0.6 is 0 Å². The molecule has 0 amide bonds. The van der Waals surface area contributed by atoms with E-state index in [4.69, 9.17) is 14.0 Å². The Hall–Kier alpha value is -1.53. The van der Waals surface area contributed by atoms with Crippen molar-refractivity contribution in [3.63, 3.8) is 0 Å². The first-order valence-electron chi connectivity index (χ1n) is 7.11. The van der Waals surface area contributed by atoms with Crippen LogP contribution in [0.4, 0.5) is 0 Å². The fourth-order valence-electron chi connectivity index (χ4n) is 2.49. The molecule has 0 N–H and O–H groups in total. The topological polar surface area (TPSA) is 45.5 Å². The van der Waals surface area contributed by atoms with Gasteiger partial charge in [0, 0.05) is 7.05 Å². The number of aryl methyl sites for hydroxylation is 1. The molecule has 0 unspecified atom stereocenters. The van der Waals surface area contributed by atoms with Crippen LogP contribution in [-0.2, 0) is 16.4 Å². The molecule has 112 valence electrons. The van der Waals surface area contributed by atoms with Crippen molar-refractivity contribution in [2.24, 2.45) is 7.05 Å². The van der Waals surface area contributed by atoms with E-state index in [1.54, 1.807) is 7.11 Å². The molecule has 0 saturated carbocycles. The first kappa shape index (κ1) is 14.4. The summed E-state index contributed by atoms with van der Waals surface area (Å²) in [5.41, 5.74) is 2.22. The lowest BCUT2D eigenvalue weighted by Crippen LogP contribution is -2.41. The standard InChI is InChI=1S/C15H21BN2O3/c1-14(2)15(3,4)21-16(20-14)10-7-8-11-12(9-10)18(5)13(17-11)19-6/h7-9H,1-6H3. The van der Waals surface area contributed by atoms with Crippen molar-refractivity contribution in [1.29, 1.82) is 0 Å². The van der Waals surface area contributed by atoms with Crippen molar-refractivity contribution in [3.05, 3.63) is 18.2 Å². The van der Waals surface area contributed by atoms with E-state index < -0.39 is 0 Å². The monoisotopic (exact) mass is 288 g/mol. The van der Waals surface area contributed by atoms with Crippen molar-refractivity contribution >= 4 is 23.6 Å². The van der Waals surface area contributed by atoms with Gasteiger partial charge in [0.1, 0.15) is 0 Å². The number of benzene rings is 1. The SMILES string of the molecule is COc1nc2ccc(B3OC(C)(C)C(C)(C)O3)cc2n1C. The highest BCUT2D eigenvalue weighted by Crippen LogP contribution is 2.36. The molecule has 1 aromatic carbocycles. The third-order valence-corrected chi connectivity index (χ3v) is 4.57. The average Bonchev–Trinajstić information content (AvgIpc) is 2.84. The zero-order valence-corrected chi connectivity index (χ0v) is 13.4. The molecule has 0 atom stereocenters. The lowest BCUT2D eigenvalue weighted by Gasteiger charge is -2.32. The molecule has 6 heteroatoms. The summed E-state index contributed by atoms with van der Waals surface area (Å²) in [6, 6.07) is 6.61. The van der Waals surface area contributed by atoms with Gasteiger partial charge in [0.25, 0.3) is 6.01 Å². The second-order valence-corrected chi connectivity index (χ2v) is 6.49. The number of hydrogen-bond donors (Lipinski definition) is 0. The summed E-state index contributed by atoms with van der Waals surface area (Å²) < 4.78 is 19.3. The van der Waals surface area contributed by atoms with Gasteiger partial charge in [-0.3, -0.25) is 4.57 Å². The number of fused-ring (bicyclic) bond motifs is 1. The zero-order valence-electron chi connectivity index (χ0n) is 13.4. The summed E-state index contributed by atoms with van der Waals surface area (Å²) in [7, 11) is 3.19. The number of aromatic nitrogens is 2. The third kappa shape index (κ3) is 2.13. The molecule has 1 aliphatic heterocycles. The van der Waals surface area contributed by atoms with E-state index in [1.807, 2.05) is 29.8 Å². The van der Waals surface area contributed by atoms with E-state index in [2.05, 4.69) is 32.7 Å². The predicted octanol–water partition coefficient (Wildman–Crippen LogP) is 1.88. The van der Waals surface area contributed by atoms with E-state index in [0.717, 1.165) is 16.5 Å². The minimum Gasteiger partial charge on any atom is -0.468 e. The highest BCUT2D eigenvalue weighted by molar-refractivity contribution is 6.62. The van der Waals surface area contributed by atoms with Crippen LogP contribution in [0.1, 0.15) is 27.7 Å². The van der Waals surface area contributed by atoms with E-state index >= 15 is 0 Å². The molecule has 1 aromatic heterocycles. The lowest BCUT2D eigenvalue weighted by atomic mass is 9.79. The minimum atomic E-state index is -0.361. The van der Waals surface area contributed by atoms with Crippen LogP contribution in [0.25, 0.3) is 11.0 Å². The maximum atomic E-state index is 6.09. The van der Waals surface area contributed by atoms with E-state index in [9.17, 15) is 0 Å². The lowest BCUT2D eigenvalue weighted by molar-refractivity contribution is 0.00578. The summed E-state index contributed by atoms with van der Waals surface area (Å²) in [5.74, 6) is 0. The normalized spacial score (nSPS) is 20.2. The number of imidazole rings is 1.